The molecular weight excluding hydrogens is 340 g/mol. The van der Waals surface area contributed by atoms with Crippen molar-refractivity contribution >= 4 is 27.0 Å². The molecule has 2 aromatic carbocycles. The maximum atomic E-state index is 12.4. The normalized spacial score (nSPS) is 11.2. The van der Waals surface area contributed by atoms with Crippen molar-refractivity contribution in [3.63, 3.8) is 0 Å². The number of imidazole rings is 1. The van der Waals surface area contributed by atoms with Gasteiger partial charge in [-0.25, -0.2) is 18.1 Å². The summed E-state index contributed by atoms with van der Waals surface area (Å²) in [6.07, 6.45) is 6.55. The van der Waals surface area contributed by atoms with Crippen molar-refractivity contribution in [1.82, 2.24) is 14.4 Å². The Labute approximate surface area is 144 Å². The second-order valence-corrected chi connectivity index (χ2v) is 6.87. The maximum Gasteiger partial charge on any atom is 0.270 e. The quantitative estimate of drug-likeness (QED) is 0.676. The number of carbonyl (C=O) groups excluding carboxylic acids is 1. The third-order valence-corrected chi connectivity index (χ3v) is 4.85. The third kappa shape index (κ3) is 3.52. The number of terminal acetylenes is 1. The van der Waals surface area contributed by atoms with E-state index in [1.165, 1.54) is 35.3 Å². The molecule has 0 radical (unpaired) electrons. The lowest BCUT2D eigenvalue weighted by atomic mass is 10.2. The summed E-state index contributed by atoms with van der Waals surface area (Å²) >= 11 is 0. The Balaban J connectivity index is 1.86. The number of carbonyl (C=O) groups is 1. The van der Waals surface area contributed by atoms with Crippen LogP contribution < -0.4 is 10.1 Å². The Morgan fingerprint density at radius 1 is 1.20 bits per heavy atom. The van der Waals surface area contributed by atoms with Crippen molar-refractivity contribution in [2.24, 2.45) is 0 Å². The molecule has 3 rings (SSSR count). The average molecular weight is 354 g/mol. The molecule has 3 aromatic rings. The fourth-order valence-corrected chi connectivity index (χ4v) is 3.23. The van der Waals surface area contributed by atoms with Crippen LogP contribution in [-0.2, 0) is 10.0 Å². The highest BCUT2D eigenvalue weighted by molar-refractivity contribution is 7.89. The van der Waals surface area contributed by atoms with Gasteiger partial charge >= 0.3 is 0 Å². The highest BCUT2D eigenvalue weighted by Gasteiger charge is 2.16. The number of sulfonamides is 1. The number of hydrogen-bond donors (Lipinski definition) is 2. The molecule has 0 aliphatic heterocycles. The van der Waals surface area contributed by atoms with Gasteiger partial charge < -0.3 is 0 Å². The van der Waals surface area contributed by atoms with Gasteiger partial charge in [-0.1, -0.05) is 24.1 Å². The van der Waals surface area contributed by atoms with E-state index in [0.29, 0.717) is 0 Å². The number of fused-ring (bicyclic) bond motifs is 1. The number of hydrogen-bond acceptors (Lipinski definition) is 4. The summed E-state index contributed by atoms with van der Waals surface area (Å²) in [5.41, 5.74) is 4.33. The molecule has 7 nitrogen and oxygen atoms in total. The lowest BCUT2D eigenvalue weighted by Gasteiger charge is -2.09. The van der Waals surface area contributed by atoms with E-state index in [4.69, 9.17) is 6.42 Å². The van der Waals surface area contributed by atoms with Crippen LogP contribution in [0.4, 0.5) is 0 Å². The summed E-state index contributed by atoms with van der Waals surface area (Å²) in [5.74, 6) is 1.74. The first-order valence-corrected chi connectivity index (χ1v) is 8.76. The van der Waals surface area contributed by atoms with Crippen LogP contribution in [0.15, 0.2) is 59.8 Å². The van der Waals surface area contributed by atoms with Gasteiger partial charge in [0.2, 0.25) is 10.0 Å². The van der Waals surface area contributed by atoms with Gasteiger partial charge in [-0.3, -0.25) is 10.2 Å². The Morgan fingerprint density at radius 2 is 2.00 bits per heavy atom. The topological polar surface area (TPSA) is 93.1 Å². The summed E-state index contributed by atoms with van der Waals surface area (Å²) in [6, 6.07) is 13.0. The number of benzene rings is 2. The van der Waals surface area contributed by atoms with Crippen molar-refractivity contribution < 1.29 is 13.2 Å². The van der Waals surface area contributed by atoms with Gasteiger partial charge in [0, 0.05) is 5.56 Å². The predicted molar refractivity (Wildman–Crippen MR) is 93.9 cm³/mol. The number of aromatic nitrogens is 2. The van der Waals surface area contributed by atoms with Crippen molar-refractivity contribution in [2.45, 2.75) is 4.90 Å². The number of nitrogens with one attached hydrogen (secondary N) is 2. The lowest BCUT2D eigenvalue weighted by Crippen LogP contribution is -2.25. The molecule has 0 saturated carbocycles. The molecule has 0 atom stereocenters. The van der Waals surface area contributed by atoms with Gasteiger partial charge in [-0.2, -0.15) is 4.72 Å². The molecule has 2 N–H and O–H groups in total. The van der Waals surface area contributed by atoms with E-state index < -0.39 is 15.9 Å². The largest absolute Gasteiger partial charge is 0.270 e. The summed E-state index contributed by atoms with van der Waals surface area (Å²) in [4.78, 5) is 16.6. The Bertz CT molecular complexity index is 1080. The number of nitrogens with zero attached hydrogens (tertiary/aromatic N) is 2. The molecule has 0 saturated heterocycles. The summed E-state index contributed by atoms with van der Waals surface area (Å²) in [7, 11) is -3.77. The van der Waals surface area contributed by atoms with Crippen LogP contribution in [0.1, 0.15) is 10.4 Å². The fraction of sp³-hybridized carbons (Fsp3) is 0.0588. The molecular formula is C17H14N4O3S. The van der Waals surface area contributed by atoms with E-state index in [9.17, 15) is 13.2 Å². The maximum absolute atomic E-state index is 12.4. The van der Waals surface area contributed by atoms with Crippen LogP contribution in [-0.4, -0.2) is 30.5 Å². The molecule has 25 heavy (non-hydrogen) atoms. The Kier molecular flexibility index (Phi) is 4.52. The average Bonchev–Trinajstić information content (AvgIpc) is 3.03. The van der Waals surface area contributed by atoms with Crippen molar-refractivity contribution in [1.29, 1.82) is 0 Å². The zero-order valence-corrected chi connectivity index (χ0v) is 13.8. The first-order valence-electron chi connectivity index (χ1n) is 7.28. The van der Waals surface area contributed by atoms with Crippen molar-refractivity contribution in [3.05, 3.63) is 60.4 Å². The second kappa shape index (κ2) is 6.76. The molecule has 0 unspecified atom stereocenters. The van der Waals surface area contributed by atoms with Gasteiger partial charge in [0.25, 0.3) is 5.91 Å². The monoisotopic (exact) mass is 354 g/mol. The van der Waals surface area contributed by atoms with Crippen LogP contribution in [0.2, 0.25) is 0 Å². The highest BCUT2D eigenvalue weighted by atomic mass is 32.2. The standard InChI is InChI=1S/C17H14N4O3S/c1-2-10-19-25(23,24)14-7-5-6-13(11-14)17(22)20-21-12-18-15-8-3-4-9-16(15)21/h1,3-9,11-12,19H,10H2,(H,20,22). The zero-order chi connectivity index (χ0) is 17.9. The molecule has 0 spiro atoms. The van der Waals surface area contributed by atoms with Gasteiger partial charge in [-0.05, 0) is 30.3 Å². The van der Waals surface area contributed by atoms with Gasteiger partial charge in [0.1, 0.15) is 6.33 Å². The lowest BCUT2D eigenvalue weighted by molar-refractivity contribution is 0.101. The number of para-hydroxylation sites is 2. The first-order chi connectivity index (χ1) is 12.0. The molecule has 1 amide bonds. The Morgan fingerprint density at radius 3 is 2.80 bits per heavy atom. The van der Waals surface area contributed by atoms with Crippen LogP contribution in [0.25, 0.3) is 11.0 Å². The third-order valence-electron chi connectivity index (χ3n) is 3.45. The van der Waals surface area contributed by atoms with Gasteiger partial charge in [0.05, 0.1) is 22.5 Å². The van der Waals surface area contributed by atoms with Crippen LogP contribution >= 0.6 is 0 Å². The van der Waals surface area contributed by atoms with E-state index in [2.05, 4.69) is 21.1 Å². The first kappa shape index (κ1) is 16.7. The van der Waals surface area contributed by atoms with Crippen LogP contribution in [0, 0.1) is 12.3 Å². The minimum absolute atomic E-state index is 0.0362. The van der Waals surface area contributed by atoms with E-state index >= 15 is 0 Å². The van der Waals surface area contributed by atoms with Crippen molar-refractivity contribution in [2.75, 3.05) is 12.0 Å². The SMILES string of the molecule is C#CCNS(=O)(=O)c1cccc(C(=O)Nn2cnc3ccccc32)c1. The minimum atomic E-state index is -3.77. The molecule has 1 heterocycles. The van der Waals surface area contributed by atoms with Gasteiger partial charge in [0.15, 0.2) is 0 Å². The molecule has 0 aliphatic carbocycles. The number of amides is 1. The zero-order valence-electron chi connectivity index (χ0n) is 13.0. The minimum Gasteiger partial charge on any atom is -0.267 e. The molecule has 8 heteroatoms. The van der Waals surface area contributed by atoms with Crippen LogP contribution in [0.3, 0.4) is 0 Å². The molecule has 0 bridgehead atoms. The fourth-order valence-electron chi connectivity index (χ4n) is 2.25. The molecule has 126 valence electrons. The highest BCUT2D eigenvalue weighted by Crippen LogP contribution is 2.13. The van der Waals surface area contributed by atoms with Crippen molar-refractivity contribution in [3.8, 4) is 12.3 Å². The summed E-state index contributed by atoms with van der Waals surface area (Å²) in [5, 5.41) is 0. The Hall–Kier alpha value is -3.15. The van der Waals surface area contributed by atoms with E-state index in [1.807, 2.05) is 24.3 Å². The van der Waals surface area contributed by atoms with Gasteiger partial charge in [-0.15, -0.1) is 6.42 Å². The second-order valence-electron chi connectivity index (χ2n) is 5.10. The molecule has 0 fully saturated rings. The van der Waals surface area contributed by atoms with E-state index in [-0.39, 0.29) is 17.0 Å². The number of rotatable bonds is 5. The summed E-state index contributed by atoms with van der Waals surface area (Å²) in [6.45, 7) is -0.125. The smallest absolute Gasteiger partial charge is 0.267 e. The molecule has 1 aromatic heterocycles. The van der Waals surface area contributed by atoms with E-state index in [0.717, 1.165) is 11.0 Å². The molecule has 0 aliphatic rings. The van der Waals surface area contributed by atoms with Crippen LogP contribution in [0.5, 0.6) is 0 Å². The predicted octanol–water partition coefficient (Wildman–Crippen LogP) is 1.33. The van der Waals surface area contributed by atoms with E-state index in [1.54, 1.807) is 0 Å². The summed E-state index contributed by atoms with van der Waals surface area (Å²) < 4.78 is 27.9.